The van der Waals surface area contributed by atoms with Gasteiger partial charge in [-0.15, -0.1) is 0 Å². The summed E-state index contributed by atoms with van der Waals surface area (Å²) in [5.74, 6) is 1.30. The second-order valence-electron chi connectivity index (χ2n) is 13.3. The van der Waals surface area contributed by atoms with Crippen LogP contribution in [0.25, 0.3) is 0 Å². The van der Waals surface area contributed by atoms with Crippen molar-refractivity contribution in [1.82, 2.24) is 0 Å². The summed E-state index contributed by atoms with van der Waals surface area (Å²) in [6.07, 6.45) is 8.54. The zero-order chi connectivity index (χ0) is 28.9. The molecular formula is C35H52O4Si. The molecule has 2 aliphatic rings. The number of hydrogen-bond donors (Lipinski definition) is 0. The Morgan fingerprint density at radius 3 is 2.05 bits per heavy atom. The summed E-state index contributed by atoms with van der Waals surface area (Å²) in [4.78, 5) is 0. The third-order valence-corrected chi connectivity index (χ3v) is 14.3. The van der Waals surface area contributed by atoms with Gasteiger partial charge in [0.1, 0.15) is 0 Å². The molecule has 5 heteroatoms. The molecule has 8 atom stereocenters. The highest BCUT2D eigenvalue weighted by atomic mass is 28.4. The number of hydrogen-bond acceptors (Lipinski definition) is 4. The van der Waals surface area contributed by atoms with Gasteiger partial charge in [-0.2, -0.15) is 0 Å². The van der Waals surface area contributed by atoms with E-state index in [1.807, 2.05) is 0 Å². The summed E-state index contributed by atoms with van der Waals surface area (Å²) in [7, 11) is -0.822. The Kier molecular flexibility index (Phi) is 10.5. The lowest BCUT2D eigenvalue weighted by atomic mass is 9.90. The molecule has 2 saturated heterocycles. The van der Waals surface area contributed by atoms with Crippen LogP contribution in [-0.4, -0.2) is 52.6 Å². The molecule has 2 aromatic carbocycles. The number of methoxy groups -OCH3 is 1. The maximum Gasteiger partial charge on any atom is 0.261 e. The lowest BCUT2D eigenvalue weighted by Gasteiger charge is -2.45. The summed E-state index contributed by atoms with van der Waals surface area (Å²) >= 11 is 0. The molecule has 0 aromatic heterocycles. The second-order valence-corrected chi connectivity index (χ2v) is 17.6. The van der Waals surface area contributed by atoms with E-state index in [0.29, 0.717) is 24.4 Å². The molecule has 0 unspecified atom stereocenters. The molecule has 0 bridgehead atoms. The molecule has 2 aliphatic heterocycles. The Labute approximate surface area is 244 Å². The molecule has 0 amide bonds. The molecule has 2 heterocycles. The van der Waals surface area contributed by atoms with Crippen molar-refractivity contribution < 1.29 is 18.6 Å². The van der Waals surface area contributed by atoms with Gasteiger partial charge in [-0.3, -0.25) is 0 Å². The van der Waals surface area contributed by atoms with Crippen LogP contribution >= 0.6 is 0 Å². The minimum atomic E-state index is -2.59. The van der Waals surface area contributed by atoms with Gasteiger partial charge < -0.3 is 18.6 Å². The van der Waals surface area contributed by atoms with Crippen molar-refractivity contribution in [1.29, 1.82) is 0 Å². The maximum atomic E-state index is 7.25. The maximum absolute atomic E-state index is 7.25. The molecule has 0 saturated carbocycles. The van der Waals surface area contributed by atoms with E-state index >= 15 is 0 Å². The van der Waals surface area contributed by atoms with Crippen molar-refractivity contribution in [3.8, 4) is 0 Å². The Hall–Kier alpha value is -1.76. The van der Waals surface area contributed by atoms with Crippen molar-refractivity contribution in [2.24, 2.45) is 17.8 Å². The first-order chi connectivity index (χ1) is 19.1. The molecule has 2 fully saturated rings. The molecule has 4 rings (SSSR count). The van der Waals surface area contributed by atoms with Crippen LogP contribution in [0.3, 0.4) is 0 Å². The molecule has 40 heavy (non-hydrogen) atoms. The van der Waals surface area contributed by atoms with Crippen LogP contribution in [0, 0.1) is 17.8 Å². The van der Waals surface area contributed by atoms with Crippen LogP contribution in [0.5, 0.6) is 0 Å². The van der Waals surface area contributed by atoms with E-state index in [-0.39, 0.29) is 35.6 Å². The summed E-state index contributed by atoms with van der Waals surface area (Å²) in [6.45, 7) is 16.6. The SMILES string of the molecule is CO[C@@H](C)[C@H]1C[C@H](C)[C@@H]([C@@H](C)/C=C/[C@@H]2CC[C@@H](C)[C@H](CO[Si](c3ccccc3)(c3ccccc3)C(C)(C)C)O2)O1. The fourth-order valence-corrected chi connectivity index (χ4v) is 11.3. The van der Waals surface area contributed by atoms with Crippen molar-refractivity contribution in [2.45, 2.75) is 103 Å². The zero-order valence-corrected chi connectivity index (χ0v) is 27.0. The predicted octanol–water partition coefficient (Wildman–Crippen LogP) is 6.77. The summed E-state index contributed by atoms with van der Waals surface area (Å²) in [5, 5.41) is 2.59. The van der Waals surface area contributed by atoms with Gasteiger partial charge in [0.05, 0.1) is 37.1 Å². The third-order valence-electron chi connectivity index (χ3n) is 9.31. The number of ether oxygens (including phenoxy) is 3. The normalized spacial score (nSPS) is 29.5. The Bertz CT molecular complexity index is 1030. The lowest BCUT2D eigenvalue weighted by molar-refractivity contribution is -0.0778. The van der Waals surface area contributed by atoms with Gasteiger partial charge in [0.25, 0.3) is 8.32 Å². The highest BCUT2D eigenvalue weighted by Crippen LogP contribution is 2.38. The van der Waals surface area contributed by atoms with E-state index in [1.165, 1.54) is 10.4 Å². The van der Waals surface area contributed by atoms with Crippen LogP contribution in [0.4, 0.5) is 0 Å². The first-order valence-corrected chi connectivity index (χ1v) is 17.2. The van der Waals surface area contributed by atoms with E-state index in [2.05, 4.69) is 121 Å². The third kappa shape index (κ3) is 6.82. The second kappa shape index (κ2) is 13.5. The number of rotatable bonds is 10. The van der Waals surface area contributed by atoms with E-state index in [9.17, 15) is 0 Å². The van der Waals surface area contributed by atoms with Gasteiger partial charge in [0, 0.05) is 13.0 Å². The number of benzene rings is 2. The lowest BCUT2D eigenvalue weighted by Crippen LogP contribution is -2.67. The predicted molar refractivity (Wildman–Crippen MR) is 168 cm³/mol. The fraction of sp³-hybridized carbons (Fsp3) is 0.600. The quantitative estimate of drug-likeness (QED) is 0.236. The van der Waals surface area contributed by atoms with Crippen LogP contribution in [0.1, 0.15) is 67.7 Å². The minimum absolute atomic E-state index is 0.0432. The summed E-state index contributed by atoms with van der Waals surface area (Å²) < 4.78 is 26.0. The molecule has 220 valence electrons. The minimum Gasteiger partial charge on any atom is -0.405 e. The van der Waals surface area contributed by atoms with E-state index in [1.54, 1.807) is 7.11 Å². The molecule has 0 spiro atoms. The molecular weight excluding hydrogens is 512 g/mol. The highest BCUT2D eigenvalue weighted by Gasteiger charge is 2.50. The molecule has 0 radical (unpaired) electrons. The summed E-state index contributed by atoms with van der Waals surface area (Å²) in [6, 6.07) is 21.8. The molecule has 2 aromatic rings. The van der Waals surface area contributed by atoms with Crippen LogP contribution < -0.4 is 10.4 Å². The topological polar surface area (TPSA) is 36.9 Å². The van der Waals surface area contributed by atoms with E-state index in [4.69, 9.17) is 18.6 Å². The van der Waals surface area contributed by atoms with Crippen LogP contribution in [0.15, 0.2) is 72.8 Å². The molecule has 0 aliphatic carbocycles. The van der Waals surface area contributed by atoms with Crippen molar-refractivity contribution >= 4 is 18.7 Å². The highest BCUT2D eigenvalue weighted by molar-refractivity contribution is 6.99. The molecule has 0 N–H and O–H groups in total. The monoisotopic (exact) mass is 564 g/mol. The van der Waals surface area contributed by atoms with Crippen molar-refractivity contribution in [3.05, 3.63) is 72.8 Å². The zero-order valence-electron chi connectivity index (χ0n) is 26.0. The smallest absolute Gasteiger partial charge is 0.261 e. The van der Waals surface area contributed by atoms with Crippen LogP contribution in [-0.2, 0) is 18.6 Å². The van der Waals surface area contributed by atoms with Gasteiger partial charge >= 0.3 is 0 Å². The largest absolute Gasteiger partial charge is 0.405 e. The van der Waals surface area contributed by atoms with Crippen molar-refractivity contribution in [3.63, 3.8) is 0 Å². The van der Waals surface area contributed by atoms with Gasteiger partial charge in [-0.1, -0.05) is 114 Å². The average molecular weight is 565 g/mol. The van der Waals surface area contributed by atoms with E-state index < -0.39 is 8.32 Å². The van der Waals surface area contributed by atoms with Gasteiger partial charge in [0.2, 0.25) is 0 Å². The van der Waals surface area contributed by atoms with Gasteiger partial charge in [-0.25, -0.2) is 0 Å². The van der Waals surface area contributed by atoms with Gasteiger partial charge in [-0.05, 0) is 53.4 Å². The average Bonchev–Trinajstić information content (AvgIpc) is 3.35. The van der Waals surface area contributed by atoms with E-state index in [0.717, 1.165) is 19.3 Å². The Morgan fingerprint density at radius 1 is 0.900 bits per heavy atom. The van der Waals surface area contributed by atoms with Crippen molar-refractivity contribution in [2.75, 3.05) is 13.7 Å². The fourth-order valence-electron chi connectivity index (χ4n) is 6.75. The standard InChI is InChI=1S/C35H52O4Si/c1-25-19-21-29(22-20-26(2)34-27(3)23-32(39-34)28(4)36-8)38-33(25)24-37-40(35(5,6)7,30-15-11-9-12-16-30)31-17-13-10-14-18-31/h9-18,20,22,25-29,32-34H,19,21,23-24H2,1-8H3/b22-20+/t25-,26+,27+,28+,29+,32-,33+,34-/m1/s1. The van der Waals surface area contributed by atoms with Gasteiger partial charge in [0.15, 0.2) is 0 Å². The first kappa shape index (κ1) is 31.2. The first-order valence-electron chi connectivity index (χ1n) is 15.3. The van der Waals surface area contributed by atoms with Crippen LogP contribution in [0.2, 0.25) is 5.04 Å². The summed E-state index contributed by atoms with van der Waals surface area (Å²) in [5.41, 5.74) is 0. The Balaban J connectivity index is 1.48. The molecule has 4 nitrogen and oxygen atoms in total. The Morgan fingerprint density at radius 2 is 1.50 bits per heavy atom.